The van der Waals surface area contributed by atoms with Crippen LogP contribution in [-0.4, -0.2) is 75.0 Å². The standard InChI is InChI=1S/C19H30N4O5S/c1-16-5-9-21(10-6-16)8-2-7-20-18-4-3-17(15-19(18)23(24)25)29(26,27)22-11-13-28-14-12-22/h3-4,15-16,20H,2,5-14H2,1H3. The van der Waals surface area contributed by atoms with E-state index in [-0.39, 0.29) is 23.7 Å². The summed E-state index contributed by atoms with van der Waals surface area (Å²) < 4.78 is 32.0. The van der Waals surface area contributed by atoms with E-state index in [4.69, 9.17) is 4.74 Å². The molecule has 0 aliphatic carbocycles. The molecule has 9 nitrogen and oxygen atoms in total. The second-order valence-corrected chi connectivity index (χ2v) is 9.69. The monoisotopic (exact) mass is 426 g/mol. The van der Waals surface area contributed by atoms with Crippen molar-refractivity contribution in [3.63, 3.8) is 0 Å². The molecule has 2 heterocycles. The van der Waals surface area contributed by atoms with E-state index < -0.39 is 14.9 Å². The number of anilines is 1. The zero-order chi connectivity index (χ0) is 20.9. The third-order valence-corrected chi connectivity index (χ3v) is 7.51. The van der Waals surface area contributed by atoms with Crippen LogP contribution in [0.3, 0.4) is 0 Å². The van der Waals surface area contributed by atoms with Crippen LogP contribution < -0.4 is 5.32 Å². The molecule has 2 aliphatic rings. The van der Waals surface area contributed by atoms with Crippen LogP contribution in [0.2, 0.25) is 0 Å². The van der Waals surface area contributed by atoms with E-state index >= 15 is 0 Å². The Bertz CT molecular complexity index is 803. The van der Waals surface area contributed by atoms with Crippen molar-refractivity contribution in [3.05, 3.63) is 28.3 Å². The van der Waals surface area contributed by atoms with Crippen molar-refractivity contribution in [2.75, 3.05) is 57.8 Å². The molecule has 1 aromatic carbocycles. The summed E-state index contributed by atoms with van der Waals surface area (Å²) in [6.07, 6.45) is 3.31. The second-order valence-electron chi connectivity index (χ2n) is 7.76. The molecule has 0 bridgehead atoms. The van der Waals surface area contributed by atoms with Crippen molar-refractivity contribution >= 4 is 21.4 Å². The Morgan fingerprint density at radius 2 is 1.90 bits per heavy atom. The maximum atomic E-state index is 12.8. The number of likely N-dealkylation sites (tertiary alicyclic amines) is 1. The van der Waals surface area contributed by atoms with E-state index in [1.165, 1.54) is 29.3 Å². The van der Waals surface area contributed by atoms with Gasteiger partial charge in [-0.25, -0.2) is 8.42 Å². The molecule has 29 heavy (non-hydrogen) atoms. The highest BCUT2D eigenvalue weighted by molar-refractivity contribution is 7.89. The van der Waals surface area contributed by atoms with Gasteiger partial charge in [-0.2, -0.15) is 4.31 Å². The Balaban J connectivity index is 1.61. The van der Waals surface area contributed by atoms with Gasteiger partial charge in [0.05, 0.1) is 23.0 Å². The molecule has 0 unspecified atom stereocenters. The van der Waals surface area contributed by atoms with E-state index in [0.717, 1.165) is 38.0 Å². The van der Waals surface area contributed by atoms with E-state index in [0.29, 0.717) is 25.4 Å². The summed E-state index contributed by atoms with van der Waals surface area (Å²) in [4.78, 5) is 13.4. The van der Waals surface area contributed by atoms with Gasteiger partial charge in [-0.05, 0) is 56.9 Å². The third kappa shape index (κ3) is 5.65. The molecular formula is C19H30N4O5S. The second kappa shape index (κ2) is 9.84. The van der Waals surface area contributed by atoms with Crippen molar-refractivity contribution in [1.82, 2.24) is 9.21 Å². The fraction of sp³-hybridized carbons (Fsp3) is 0.684. The van der Waals surface area contributed by atoms with Crippen LogP contribution in [0.4, 0.5) is 11.4 Å². The smallest absolute Gasteiger partial charge is 0.293 e. The molecule has 0 atom stereocenters. The van der Waals surface area contributed by atoms with Crippen LogP contribution in [0.25, 0.3) is 0 Å². The van der Waals surface area contributed by atoms with E-state index in [9.17, 15) is 18.5 Å². The van der Waals surface area contributed by atoms with E-state index in [1.807, 2.05) is 0 Å². The number of ether oxygens (including phenoxy) is 1. The maximum Gasteiger partial charge on any atom is 0.293 e. The number of nitrogens with one attached hydrogen (secondary N) is 1. The predicted molar refractivity (Wildman–Crippen MR) is 111 cm³/mol. The van der Waals surface area contributed by atoms with Gasteiger partial charge < -0.3 is 15.0 Å². The zero-order valence-electron chi connectivity index (χ0n) is 16.9. The zero-order valence-corrected chi connectivity index (χ0v) is 17.7. The van der Waals surface area contributed by atoms with Crippen LogP contribution in [0, 0.1) is 16.0 Å². The predicted octanol–water partition coefficient (Wildman–Crippen LogP) is 2.15. The minimum atomic E-state index is -3.76. The first-order valence-corrected chi connectivity index (χ1v) is 11.6. The number of nitrogens with zero attached hydrogens (tertiary/aromatic N) is 3. The fourth-order valence-electron chi connectivity index (χ4n) is 3.72. The van der Waals surface area contributed by atoms with Crippen molar-refractivity contribution in [2.45, 2.75) is 31.1 Å². The Kier molecular flexibility index (Phi) is 7.44. The van der Waals surface area contributed by atoms with E-state index in [2.05, 4.69) is 17.1 Å². The van der Waals surface area contributed by atoms with Gasteiger partial charge in [0, 0.05) is 25.7 Å². The number of hydrogen-bond acceptors (Lipinski definition) is 7. The summed E-state index contributed by atoms with van der Waals surface area (Å²) in [6, 6.07) is 4.08. The van der Waals surface area contributed by atoms with Gasteiger partial charge in [0.25, 0.3) is 5.69 Å². The summed E-state index contributed by atoms with van der Waals surface area (Å²) in [5.41, 5.74) is 0.134. The molecule has 0 radical (unpaired) electrons. The summed E-state index contributed by atoms with van der Waals surface area (Å²) in [5, 5.41) is 14.6. The fourth-order valence-corrected chi connectivity index (χ4v) is 5.15. The molecule has 162 valence electrons. The Hall–Kier alpha value is -1.75. The Labute approximate surface area is 172 Å². The summed E-state index contributed by atoms with van der Waals surface area (Å²) in [7, 11) is -3.76. The average molecular weight is 427 g/mol. The van der Waals surface area contributed by atoms with Crippen molar-refractivity contribution in [3.8, 4) is 0 Å². The molecule has 2 aliphatic heterocycles. The molecule has 3 rings (SSSR count). The first kappa shape index (κ1) is 21.9. The lowest BCUT2D eigenvalue weighted by atomic mass is 9.99. The van der Waals surface area contributed by atoms with Crippen LogP contribution >= 0.6 is 0 Å². The van der Waals surface area contributed by atoms with Crippen LogP contribution in [0.15, 0.2) is 23.1 Å². The Morgan fingerprint density at radius 3 is 2.55 bits per heavy atom. The number of sulfonamides is 1. The highest BCUT2D eigenvalue weighted by atomic mass is 32.2. The van der Waals surface area contributed by atoms with Gasteiger partial charge in [0.1, 0.15) is 5.69 Å². The summed E-state index contributed by atoms with van der Waals surface area (Å²) in [6.45, 7) is 7.22. The van der Waals surface area contributed by atoms with Crippen LogP contribution in [-0.2, 0) is 14.8 Å². The van der Waals surface area contributed by atoms with Gasteiger partial charge in [-0.15, -0.1) is 0 Å². The normalized spacial score (nSPS) is 19.9. The van der Waals surface area contributed by atoms with Gasteiger partial charge in [0.2, 0.25) is 10.0 Å². The average Bonchev–Trinajstić information content (AvgIpc) is 2.73. The van der Waals surface area contributed by atoms with E-state index in [1.54, 1.807) is 0 Å². The highest BCUT2D eigenvalue weighted by Gasteiger charge is 2.28. The summed E-state index contributed by atoms with van der Waals surface area (Å²) >= 11 is 0. The number of rotatable bonds is 8. The third-order valence-electron chi connectivity index (χ3n) is 5.62. The minimum absolute atomic E-state index is 0.0564. The number of nitro groups is 1. The topological polar surface area (TPSA) is 105 Å². The number of piperidine rings is 1. The number of hydrogen-bond donors (Lipinski definition) is 1. The molecule has 1 aromatic rings. The Morgan fingerprint density at radius 1 is 1.21 bits per heavy atom. The van der Waals surface area contributed by atoms with Crippen LogP contribution in [0.5, 0.6) is 0 Å². The lowest BCUT2D eigenvalue weighted by Gasteiger charge is -2.30. The minimum Gasteiger partial charge on any atom is -0.379 e. The first-order chi connectivity index (χ1) is 13.9. The first-order valence-electron chi connectivity index (χ1n) is 10.2. The van der Waals surface area contributed by atoms with Gasteiger partial charge in [-0.3, -0.25) is 10.1 Å². The van der Waals surface area contributed by atoms with Crippen molar-refractivity contribution < 1.29 is 18.1 Å². The molecule has 0 aromatic heterocycles. The highest BCUT2D eigenvalue weighted by Crippen LogP contribution is 2.29. The van der Waals surface area contributed by atoms with Gasteiger partial charge in [0.15, 0.2) is 0 Å². The lowest BCUT2D eigenvalue weighted by Crippen LogP contribution is -2.40. The number of nitro benzene ring substituents is 1. The molecular weight excluding hydrogens is 396 g/mol. The molecule has 1 N–H and O–H groups in total. The molecule has 0 amide bonds. The van der Waals surface area contributed by atoms with Gasteiger partial charge in [-0.1, -0.05) is 6.92 Å². The van der Waals surface area contributed by atoms with Gasteiger partial charge >= 0.3 is 0 Å². The molecule has 2 fully saturated rings. The largest absolute Gasteiger partial charge is 0.379 e. The SMILES string of the molecule is CC1CCN(CCCNc2ccc(S(=O)(=O)N3CCOCC3)cc2[N+](=O)[O-])CC1. The van der Waals surface area contributed by atoms with Crippen molar-refractivity contribution in [2.24, 2.45) is 5.92 Å². The quantitative estimate of drug-likeness (QED) is 0.386. The molecule has 0 saturated carbocycles. The molecule has 2 saturated heterocycles. The molecule has 0 spiro atoms. The summed E-state index contributed by atoms with van der Waals surface area (Å²) in [5.74, 6) is 0.791. The maximum absolute atomic E-state index is 12.8. The number of benzene rings is 1. The van der Waals surface area contributed by atoms with Crippen LogP contribution in [0.1, 0.15) is 26.2 Å². The molecule has 10 heteroatoms. The van der Waals surface area contributed by atoms with Crippen molar-refractivity contribution in [1.29, 1.82) is 0 Å². The number of morpholine rings is 1. The lowest BCUT2D eigenvalue weighted by molar-refractivity contribution is -0.384.